The molecule has 0 atom stereocenters. The van der Waals surface area contributed by atoms with Gasteiger partial charge in [-0.3, -0.25) is 9.69 Å². The largest absolute Gasteiger partial charge is 0.507 e. The van der Waals surface area contributed by atoms with Gasteiger partial charge in [-0.15, -0.1) is 0 Å². The zero-order valence-electron chi connectivity index (χ0n) is 14.5. The highest BCUT2D eigenvalue weighted by Gasteiger charge is 2.14. The lowest BCUT2D eigenvalue weighted by Gasteiger charge is -2.27. The molecule has 1 saturated heterocycles. The van der Waals surface area contributed by atoms with Crippen LogP contribution in [0.4, 0.5) is 0 Å². The monoisotopic (exact) mass is 340 g/mol. The van der Waals surface area contributed by atoms with Crippen molar-refractivity contribution < 1.29 is 14.6 Å². The quantitative estimate of drug-likeness (QED) is 0.878. The van der Waals surface area contributed by atoms with Crippen LogP contribution in [0.3, 0.4) is 0 Å². The van der Waals surface area contributed by atoms with Crippen molar-refractivity contribution in [2.75, 3.05) is 26.3 Å². The van der Waals surface area contributed by atoms with E-state index in [1.165, 1.54) is 5.56 Å². The number of amides is 1. The Balaban J connectivity index is 1.65. The maximum absolute atomic E-state index is 12.4. The Morgan fingerprint density at radius 1 is 1.16 bits per heavy atom. The number of hydrogen-bond donors (Lipinski definition) is 2. The molecule has 2 N–H and O–H groups in total. The van der Waals surface area contributed by atoms with Crippen molar-refractivity contribution in [2.24, 2.45) is 0 Å². The third-order valence-corrected chi connectivity index (χ3v) is 4.45. The van der Waals surface area contributed by atoms with Crippen molar-refractivity contribution in [3.8, 4) is 5.75 Å². The highest BCUT2D eigenvalue weighted by Crippen LogP contribution is 2.19. The fourth-order valence-electron chi connectivity index (χ4n) is 2.99. The minimum Gasteiger partial charge on any atom is -0.507 e. The second-order valence-electron chi connectivity index (χ2n) is 6.36. The molecule has 1 fully saturated rings. The molecule has 3 rings (SSSR count). The van der Waals surface area contributed by atoms with Crippen LogP contribution in [0.5, 0.6) is 5.75 Å². The molecule has 0 radical (unpaired) electrons. The standard InChI is InChI=1S/C20H24N2O3/c1-15-6-7-18(19(23)12-15)20(24)21-13-16-4-2-3-5-17(16)14-22-8-10-25-11-9-22/h2-7,12,23H,8-11,13-14H2,1H3,(H,21,24). The van der Waals surface area contributed by atoms with E-state index in [9.17, 15) is 9.90 Å². The van der Waals surface area contributed by atoms with Gasteiger partial charge >= 0.3 is 0 Å². The van der Waals surface area contributed by atoms with Crippen LogP contribution in [0.25, 0.3) is 0 Å². The number of hydrogen-bond acceptors (Lipinski definition) is 4. The molecule has 1 aliphatic rings. The third kappa shape index (κ3) is 4.59. The Morgan fingerprint density at radius 3 is 2.60 bits per heavy atom. The number of phenols is 1. The summed E-state index contributed by atoms with van der Waals surface area (Å²) in [5.74, 6) is -0.252. The van der Waals surface area contributed by atoms with Crippen LogP contribution in [-0.4, -0.2) is 42.2 Å². The Labute approximate surface area is 148 Å². The molecule has 132 valence electrons. The predicted octanol–water partition coefficient (Wildman–Crippen LogP) is 2.46. The van der Waals surface area contributed by atoms with Gasteiger partial charge < -0.3 is 15.2 Å². The highest BCUT2D eigenvalue weighted by molar-refractivity contribution is 5.96. The first-order valence-electron chi connectivity index (χ1n) is 8.58. The number of nitrogens with zero attached hydrogens (tertiary/aromatic N) is 1. The molecule has 1 aliphatic heterocycles. The van der Waals surface area contributed by atoms with Crippen molar-refractivity contribution >= 4 is 5.91 Å². The molecule has 0 aromatic heterocycles. The summed E-state index contributed by atoms with van der Waals surface area (Å²) >= 11 is 0. The van der Waals surface area contributed by atoms with E-state index in [0.717, 1.165) is 44.0 Å². The lowest BCUT2D eigenvalue weighted by molar-refractivity contribution is 0.0340. The maximum Gasteiger partial charge on any atom is 0.255 e. The van der Waals surface area contributed by atoms with Gasteiger partial charge in [0.2, 0.25) is 0 Å². The van der Waals surface area contributed by atoms with Gasteiger partial charge in [0.1, 0.15) is 5.75 Å². The normalized spacial score (nSPS) is 15.1. The number of phenolic OH excluding ortho intramolecular Hbond substituents is 1. The Hall–Kier alpha value is -2.37. The Bertz CT molecular complexity index is 739. The number of morpholine rings is 1. The Kier molecular flexibility index (Phi) is 5.68. The second kappa shape index (κ2) is 8.14. The number of nitrogens with one attached hydrogen (secondary N) is 1. The molecule has 0 saturated carbocycles. The van der Waals surface area contributed by atoms with E-state index in [2.05, 4.69) is 16.3 Å². The molecule has 25 heavy (non-hydrogen) atoms. The zero-order chi connectivity index (χ0) is 17.6. The van der Waals surface area contributed by atoms with Gasteiger partial charge in [-0.2, -0.15) is 0 Å². The van der Waals surface area contributed by atoms with Crippen LogP contribution in [0.2, 0.25) is 0 Å². The first-order chi connectivity index (χ1) is 12.1. The van der Waals surface area contributed by atoms with Gasteiger partial charge in [-0.1, -0.05) is 30.3 Å². The summed E-state index contributed by atoms with van der Waals surface area (Å²) in [5.41, 5.74) is 3.52. The van der Waals surface area contributed by atoms with Gasteiger partial charge in [0.05, 0.1) is 18.8 Å². The van der Waals surface area contributed by atoms with E-state index in [-0.39, 0.29) is 11.7 Å². The lowest BCUT2D eigenvalue weighted by atomic mass is 10.1. The van der Waals surface area contributed by atoms with Crippen molar-refractivity contribution in [3.05, 3.63) is 64.7 Å². The highest BCUT2D eigenvalue weighted by atomic mass is 16.5. The van der Waals surface area contributed by atoms with E-state index >= 15 is 0 Å². The van der Waals surface area contributed by atoms with Gasteiger partial charge in [-0.05, 0) is 35.7 Å². The third-order valence-electron chi connectivity index (χ3n) is 4.45. The van der Waals surface area contributed by atoms with E-state index in [1.807, 2.05) is 31.2 Å². The smallest absolute Gasteiger partial charge is 0.255 e. The predicted molar refractivity (Wildman–Crippen MR) is 96.6 cm³/mol. The average Bonchev–Trinajstić information content (AvgIpc) is 2.61. The number of benzene rings is 2. The summed E-state index contributed by atoms with van der Waals surface area (Å²) in [4.78, 5) is 14.7. The molecule has 0 spiro atoms. The van der Waals surface area contributed by atoms with Crippen LogP contribution in [0.1, 0.15) is 27.0 Å². The SMILES string of the molecule is Cc1ccc(C(=O)NCc2ccccc2CN2CCOCC2)c(O)c1. The minimum absolute atomic E-state index is 0.0131. The summed E-state index contributed by atoms with van der Waals surface area (Å²) in [5, 5.41) is 12.9. The average molecular weight is 340 g/mol. The van der Waals surface area contributed by atoms with Crippen molar-refractivity contribution in [3.63, 3.8) is 0 Å². The molecule has 1 heterocycles. The van der Waals surface area contributed by atoms with Crippen LogP contribution in [0, 0.1) is 6.92 Å². The lowest BCUT2D eigenvalue weighted by Crippen LogP contribution is -2.36. The van der Waals surface area contributed by atoms with E-state index in [0.29, 0.717) is 12.1 Å². The van der Waals surface area contributed by atoms with Crippen LogP contribution >= 0.6 is 0 Å². The molecule has 1 amide bonds. The first kappa shape index (κ1) is 17.5. The summed E-state index contributed by atoms with van der Waals surface area (Å²) in [6, 6.07) is 13.2. The number of aryl methyl sites for hydroxylation is 1. The molecule has 0 bridgehead atoms. The second-order valence-corrected chi connectivity index (χ2v) is 6.36. The van der Waals surface area contributed by atoms with E-state index in [1.54, 1.807) is 12.1 Å². The number of aromatic hydroxyl groups is 1. The van der Waals surface area contributed by atoms with Crippen LogP contribution < -0.4 is 5.32 Å². The minimum atomic E-state index is -0.265. The van der Waals surface area contributed by atoms with Crippen LogP contribution in [-0.2, 0) is 17.8 Å². The van der Waals surface area contributed by atoms with E-state index < -0.39 is 0 Å². The molecule has 5 heteroatoms. The molecule has 2 aromatic carbocycles. The Morgan fingerprint density at radius 2 is 1.88 bits per heavy atom. The van der Waals surface area contributed by atoms with Gasteiger partial charge in [0.15, 0.2) is 0 Å². The molecule has 2 aromatic rings. The summed E-state index contributed by atoms with van der Waals surface area (Å²) < 4.78 is 5.39. The number of carbonyl (C=O) groups is 1. The fourth-order valence-corrected chi connectivity index (χ4v) is 2.99. The topological polar surface area (TPSA) is 61.8 Å². The van der Waals surface area contributed by atoms with Crippen LogP contribution in [0.15, 0.2) is 42.5 Å². The molecular weight excluding hydrogens is 316 g/mol. The molecular formula is C20H24N2O3. The zero-order valence-corrected chi connectivity index (χ0v) is 14.5. The molecule has 0 unspecified atom stereocenters. The molecule has 5 nitrogen and oxygen atoms in total. The summed E-state index contributed by atoms with van der Waals surface area (Å²) in [7, 11) is 0. The fraction of sp³-hybridized carbons (Fsp3) is 0.350. The molecule has 0 aliphatic carbocycles. The first-order valence-corrected chi connectivity index (χ1v) is 8.58. The number of ether oxygens (including phenoxy) is 1. The number of carbonyl (C=O) groups excluding carboxylic acids is 1. The van der Waals surface area contributed by atoms with Gasteiger partial charge in [-0.25, -0.2) is 0 Å². The van der Waals surface area contributed by atoms with Crippen molar-refractivity contribution in [1.29, 1.82) is 0 Å². The number of rotatable bonds is 5. The summed E-state index contributed by atoms with van der Waals surface area (Å²) in [6.07, 6.45) is 0. The van der Waals surface area contributed by atoms with Crippen molar-refractivity contribution in [2.45, 2.75) is 20.0 Å². The van der Waals surface area contributed by atoms with Crippen molar-refractivity contribution in [1.82, 2.24) is 10.2 Å². The van der Waals surface area contributed by atoms with Gasteiger partial charge in [0.25, 0.3) is 5.91 Å². The maximum atomic E-state index is 12.4. The summed E-state index contributed by atoms with van der Waals surface area (Å²) in [6.45, 7) is 6.56. The van der Waals surface area contributed by atoms with Gasteiger partial charge in [0, 0.05) is 26.2 Å². The van der Waals surface area contributed by atoms with E-state index in [4.69, 9.17) is 4.74 Å².